The van der Waals surface area contributed by atoms with Gasteiger partial charge in [-0.2, -0.15) is 0 Å². The van der Waals surface area contributed by atoms with E-state index in [1.807, 2.05) is 6.26 Å². The summed E-state index contributed by atoms with van der Waals surface area (Å²) in [7, 11) is 0. The Hall–Kier alpha value is 0.397. The quantitative estimate of drug-likeness (QED) is 0.446. The van der Waals surface area contributed by atoms with Crippen molar-refractivity contribution in [3.05, 3.63) is 23.0 Å². The van der Waals surface area contributed by atoms with Crippen molar-refractivity contribution in [3.8, 4) is 0 Å². The van der Waals surface area contributed by atoms with Crippen molar-refractivity contribution >= 4 is 8.80 Å². The molecular formula is C14H20OW2. The summed E-state index contributed by atoms with van der Waals surface area (Å²) in [6.07, 6.45) is 7.47. The van der Waals surface area contributed by atoms with Crippen LogP contribution in [0.2, 0.25) is 0 Å². The van der Waals surface area contributed by atoms with Crippen molar-refractivity contribution < 1.29 is 43.4 Å². The van der Waals surface area contributed by atoms with Gasteiger partial charge in [-0.15, -0.1) is 0 Å². The van der Waals surface area contributed by atoms with Crippen LogP contribution < -0.4 is 0 Å². The zero-order valence-electron chi connectivity index (χ0n) is 10.6. The number of ether oxygens (including phenoxy) is 1. The Labute approximate surface area is 127 Å². The van der Waals surface area contributed by atoms with Crippen LogP contribution in [0.3, 0.4) is 0 Å². The predicted octanol–water partition coefficient (Wildman–Crippen LogP) is 3.11. The molecule has 94 valence electrons. The summed E-state index contributed by atoms with van der Waals surface area (Å²) in [5, 5.41) is 0. The molecule has 1 rings (SSSR count). The Balaban J connectivity index is 2.50. The fraction of sp³-hybridized carbons (Fsp3) is 0.571. The molecule has 0 atom stereocenters. The van der Waals surface area contributed by atoms with E-state index >= 15 is 0 Å². The molecule has 17 heavy (non-hydrogen) atoms. The number of hydrogen-bond donors (Lipinski definition) is 0. The van der Waals surface area contributed by atoms with Gasteiger partial charge in [0.2, 0.25) is 0 Å². The van der Waals surface area contributed by atoms with Crippen LogP contribution in [-0.2, 0) is 43.4 Å². The monoisotopic (exact) mass is 572 g/mol. The molecule has 1 fully saturated rings. The van der Waals surface area contributed by atoms with Crippen molar-refractivity contribution in [1.82, 2.24) is 0 Å². The molecule has 0 radical (unpaired) electrons. The Morgan fingerprint density at radius 1 is 1.18 bits per heavy atom. The summed E-state index contributed by atoms with van der Waals surface area (Å²) in [4.78, 5) is 0. The third kappa shape index (κ3) is 5.27. The van der Waals surface area contributed by atoms with Gasteiger partial charge in [0.1, 0.15) is 0 Å². The van der Waals surface area contributed by atoms with Crippen molar-refractivity contribution in [1.29, 1.82) is 0 Å². The molecule has 0 unspecified atom stereocenters. The van der Waals surface area contributed by atoms with Gasteiger partial charge in [-0.05, 0) is 0 Å². The average Bonchev–Trinajstić information content (AvgIpc) is 2.87. The second-order valence-corrected chi connectivity index (χ2v) is 6.30. The third-order valence-corrected chi connectivity index (χ3v) is 5.58. The topological polar surface area (TPSA) is 9.23 Å². The Kier molecular flexibility index (Phi) is 7.72. The summed E-state index contributed by atoms with van der Waals surface area (Å²) in [5.74, 6) is 0.764. The van der Waals surface area contributed by atoms with E-state index in [1.54, 1.807) is 0 Å². The van der Waals surface area contributed by atoms with E-state index in [-0.39, 0.29) is 0 Å². The number of allylic oxidation sites excluding steroid dienone is 2. The third-order valence-electron chi connectivity index (χ3n) is 3.33. The van der Waals surface area contributed by atoms with E-state index in [4.69, 9.17) is 4.74 Å². The maximum atomic E-state index is 5.74. The van der Waals surface area contributed by atoms with E-state index < -0.39 is 0 Å². The molecule has 0 heterocycles. The molecule has 1 nitrogen and oxygen atoms in total. The van der Waals surface area contributed by atoms with Crippen LogP contribution in [0.4, 0.5) is 0 Å². The Bertz CT molecular complexity index is 336. The van der Waals surface area contributed by atoms with Crippen LogP contribution in [-0.4, -0.2) is 15.4 Å². The molecule has 3 heteroatoms. The molecule has 0 spiro atoms. The molecule has 0 amide bonds. The molecule has 0 aromatic heterocycles. The van der Waals surface area contributed by atoms with Gasteiger partial charge >= 0.3 is 127 Å². The molecule has 0 saturated heterocycles. The SMILES string of the molecule is CC([CH]=[W])=C(C)CO/C=C(/[CH]=[W])C1CCCC1. The van der Waals surface area contributed by atoms with Crippen LogP contribution >= 0.6 is 0 Å². The van der Waals surface area contributed by atoms with E-state index in [2.05, 4.69) is 22.6 Å². The van der Waals surface area contributed by atoms with E-state index in [0.29, 0.717) is 0 Å². The summed E-state index contributed by atoms with van der Waals surface area (Å²) in [6.45, 7) is 5.04. The fourth-order valence-electron chi connectivity index (χ4n) is 1.96. The molecule has 0 aromatic rings. The van der Waals surface area contributed by atoms with Gasteiger partial charge < -0.3 is 0 Å². The summed E-state index contributed by atoms with van der Waals surface area (Å²) in [5.41, 5.74) is 4.13. The first-order valence-corrected chi connectivity index (χ1v) is 9.46. The van der Waals surface area contributed by atoms with Crippen LogP contribution in [0.1, 0.15) is 39.5 Å². The molecule has 0 N–H and O–H groups in total. The molecular weight excluding hydrogens is 552 g/mol. The average molecular weight is 572 g/mol. The molecule has 1 saturated carbocycles. The first-order valence-electron chi connectivity index (χ1n) is 6.07. The minimum atomic E-state index is 0.731. The molecule has 1 aliphatic carbocycles. The second kappa shape index (κ2) is 8.49. The normalized spacial score (nSPS) is 18.8. The van der Waals surface area contributed by atoms with Crippen molar-refractivity contribution in [3.63, 3.8) is 0 Å². The Morgan fingerprint density at radius 3 is 2.35 bits per heavy atom. The van der Waals surface area contributed by atoms with Crippen LogP contribution in [0.15, 0.2) is 23.0 Å². The van der Waals surface area contributed by atoms with Gasteiger partial charge in [0, 0.05) is 0 Å². The van der Waals surface area contributed by atoms with Crippen molar-refractivity contribution in [2.45, 2.75) is 39.5 Å². The van der Waals surface area contributed by atoms with Gasteiger partial charge in [0.05, 0.1) is 0 Å². The van der Waals surface area contributed by atoms with Crippen LogP contribution in [0, 0.1) is 5.92 Å². The predicted molar refractivity (Wildman–Crippen MR) is 66.5 cm³/mol. The summed E-state index contributed by atoms with van der Waals surface area (Å²) >= 11 is 3.03. The number of hydrogen-bond acceptors (Lipinski definition) is 1. The summed E-state index contributed by atoms with van der Waals surface area (Å²) in [6, 6.07) is 0. The van der Waals surface area contributed by atoms with Gasteiger partial charge in [0.15, 0.2) is 0 Å². The maximum absolute atomic E-state index is 5.74. The number of rotatable bonds is 6. The Morgan fingerprint density at radius 2 is 1.82 bits per heavy atom. The van der Waals surface area contributed by atoms with E-state index in [1.165, 1.54) is 81.1 Å². The second-order valence-electron chi connectivity index (χ2n) is 4.61. The molecule has 0 aliphatic heterocycles. The molecule has 0 aromatic carbocycles. The van der Waals surface area contributed by atoms with Crippen LogP contribution in [0.25, 0.3) is 0 Å². The minimum absolute atomic E-state index is 0.731. The van der Waals surface area contributed by atoms with Gasteiger partial charge in [-0.25, -0.2) is 0 Å². The van der Waals surface area contributed by atoms with E-state index in [0.717, 1.165) is 12.5 Å². The van der Waals surface area contributed by atoms with Gasteiger partial charge in [-0.3, -0.25) is 0 Å². The first kappa shape index (κ1) is 15.5. The molecule has 1 aliphatic rings. The standard InChI is InChI=1S/C14H20O.2W/c1-11(2)12(3)9-15-10-13(4)14-7-5-6-8-14;;/h1,4,10,14H,5-9H2,2-3H3;;/b12-11?,13-10-;;. The van der Waals surface area contributed by atoms with E-state index in [9.17, 15) is 0 Å². The molecule has 0 bridgehead atoms. The van der Waals surface area contributed by atoms with Crippen molar-refractivity contribution in [2.24, 2.45) is 5.92 Å². The van der Waals surface area contributed by atoms with Gasteiger partial charge in [-0.1, -0.05) is 0 Å². The zero-order chi connectivity index (χ0) is 12.7. The first-order chi connectivity index (χ1) is 8.19. The van der Waals surface area contributed by atoms with Crippen LogP contribution in [0.5, 0.6) is 0 Å². The summed E-state index contributed by atoms with van der Waals surface area (Å²) < 4.78 is 10.2. The zero-order valence-corrected chi connectivity index (χ0v) is 16.4. The fourth-order valence-corrected chi connectivity index (χ4v) is 3.57. The van der Waals surface area contributed by atoms with Gasteiger partial charge in [0.25, 0.3) is 0 Å². The van der Waals surface area contributed by atoms with Crippen molar-refractivity contribution in [2.75, 3.05) is 6.61 Å².